The Labute approximate surface area is 93.0 Å². The van der Waals surface area contributed by atoms with Crippen molar-refractivity contribution in [2.24, 2.45) is 14.1 Å². The molecule has 2 heterocycles. The van der Waals surface area contributed by atoms with Crippen molar-refractivity contribution in [3.63, 3.8) is 0 Å². The van der Waals surface area contributed by atoms with Gasteiger partial charge in [-0.15, -0.1) is 0 Å². The minimum atomic E-state index is -0.0608. The number of ketones is 1. The van der Waals surface area contributed by atoms with Crippen molar-refractivity contribution < 1.29 is 4.79 Å². The number of allylic oxidation sites excluding steroid dienone is 1. The van der Waals surface area contributed by atoms with Crippen molar-refractivity contribution in [3.05, 3.63) is 42.0 Å². The van der Waals surface area contributed by atoms with Crippen molar-refractivity contribution in [2.75, 3.05) is 0 Å². The first-order valence-electron chi connectivity index (χ1n) is 4.86. The van der Waals surface area contributed by atoms with Gasteiger partial charge < -0.3 is 0 Å². The maximum atomic E-state index is 11.7. The van der Waals surface area contributed by atoms with E-state index in [1.54, 1.807) is 41.1 Å². The molecule has 16 heavy (non-hydrogen) atoms. The van der Waals surface area contributed by atoms with Gasteiger partial charge in [-0.1, -0.05) is 0 Å². The molecule has 0 aromatic carbocycles. The topological polar surface area (TPSA) is 52.7 Å². The number of nitrogens with zero attached hydrogens (tertiary/aromatic N) is 4. The molecule has 5 heteroatoms. The van der Waals surface area contributed by atoms with Crippen molar-refractivity contribution in [1.82, 2.24) is 19.6 Å². The van der Waals surface area contributed by atoms with Gasteiger partial charge in [-0.2, -0.15) is 10.2 Å². The van der Waals surface area contributed by atoms with Crippen LogP contribution >= 0.6 is 0 Å². The molecule has 0 unspecified atom stereocenters. The van der Waals surface area contributed by atoms with Crippen LogP contribution in [0.5, 0.6) is 0 Å². The van der Waals surface area contributed by atoms with E-state index in [4.69, 9.17) is 0 Å². The van der Waals surface area contributed by atoms with Crippen LogP contribution in [0.1, 0.15) is 16.1 Å². The zero-order chi connectivity index (χ0) is 11.5. The molecular formula is C11H12N4O. The average Bonchev–Trinajstić information content (AvgIpc) is 2.84. The van der Waals surface area contributed by atoms with Crippen LogP contribution in [0, 0.1) is 0 Å². The predicted octanol–water partition coefficient (Wildman–Crippen LogP) is 1.05. The standard InChI is InChI=1S/C11H12N4O/c1-14-8-9(7-13-14)11(16)4-3-10-5-6-12-15(10)2/h3-8H,1-2H3. The van der Waals surface area contributed by atoms with Gasteiger partial charge in [0, 0.05) is 26.5 Å². The van der Waals surface area contributed by atoms with E-state index in [1.807, 2.05) is 13.1 Å². The summed E-state index contributed by atoms with van der Waals surface area (Å²) in [6.45, 7) is 0. The Morgan fingerprint density at radius 3 is 2.75 bits per heavy atom. The molecule has 82 valence electrons. The second kappa shape index (κ2) is 4.14. The average molecular weight is 216 g/mol. The fourth-order valence-electron chi connectivity index (χ4n) is 1.35. The van der Waals surface area contributed by atoms with E-state index < -0.39 is 0 Å². The summed E-state index contributed by atoms with van der Waals surface area (Å²) in [6.07, 6.45) is 8.19. The van der Waals surface area contributed by atoms with E-state index in [0.717, 1.165) is 5.69 Å². The van der Waals surface area contributed by atoms with E-state index in [1.165, 1.54) is 6.08 Å². The zero-order valence-electron chi connectivity index (χ0n) is 9.16. The minimum Gasteiger partial charge on any atom is -0.289 e. The predicted molar refractivity (Wildman–Crippen MR) is 59.8 cm³/mol. The van der Waals surface area contributed by atoms with Gasteiger partial charge in [0.25, 0.3) is 0 Å². The largest absolute Gasteiger partial charge is 0.289 e. The molecular weight excluding hydrogens is 204 g/mol. The Kier molecular flexibility index (Phi) is 2.68. The molecule has 0 amide bonds. The van der Waals surface area contributed by atoms with Gasteiger partial charge in [-0.25, -0.2) is 0 Å². The highest BCUT2D eigenvalue weighted by Crippen LogP contribution is 2.03. The highest BCUT2D eigenvalue weighted by atomic mass is 16.1. The molecule has 2 aromatic heterocycles. The summed E-state index contributed by atoms with van der Waals surface area (Å²) in [7, 11) is 3.61. The molecule has 0 atom stereocenters. The van der Waals surface area contributed by atoms with Gasteiger partial charge in [-0.3, -0.25) is 14.2 Å². The van der Waals surface area contributed by atoms with Crippen LogP contribution in [0.3, 0.4) is 0 Å². The lowest BCUT2D eigenvalue weighted by Gasteiger charge is -1.92. The molecule has 0 spiro atoms. The quantitative estimate of drug-likeness (QED) is 0.569. The lowest BCUT2D eigenvalue weighted by atomic mass is 10.2. The van der Waals surface area contributed by atoms with Crippen LogP contribution in [0.25, 0.3) is 6.08 Å². The fourth-order valence-corrected chi connectivity index (χ4v) is 1.35. The molecule has 0 saturated heterocycles. The van der Waals surface area contributed by atoms with E-state index in [2.05, 4.69) is 10.2 Å². The van der Waals surface area contributed by atoms with Gasteiger partial charge in [0.05, 0.1) is 17.5 Å². The van der Waals surface area contributed by atoms with Gasteiger partial charge in [0.15, 0.2) is 5.78 Å². The minimum absolute atomic E-state index is 0.0608. The maximum absolute atomic E-state index is 11.7. The fraction of sp³-hybridized carbons (Fsp3) is 0.182. The summed E-state index contributed by atoms with van der Waals surface area (Å²) in [5, 5.41) is 7.95. The molecule has 2 rings (SSSR count). The first-order chi connectivity index (χ1) is 7.66. The maximum Gasteiger partial charge on any atom is 0.189 e. The van der Waals surface area contributed by atoms with E-state index in [9.17, 15) is 4.79 Å². The summed E-state index contributed by atoms with van der Waals surface area (Å²) < 4.78 is 3.30. The number of hydrogen-bond donors (Lipinski definition) is 0. The summed E-state index contributed by atoms with van der Waals surface area (Å²) >= 11 is 0. The first kappa shape index (κ1) is 10.4. The van der Waals surface area contributed by atoms with E-state index in [0.29, 0.717) is 5.56 Å². The zero-order valence-corrected chi connectivity index (χ0v) is 9.16. The van der Waals surface area contributed by atoms with Gasteiger partial charge in [0.2, 0.25) is 0 Å². The Balaban J connectivity index is 2.14. The lowest BCUT2D eigenvalue weighted by molar-refractivity contribution is 0.104. The number of aromatic nitrogens is 4. The van der Waals surface area contributed by atoms with E-state index >= 15 is 0 Å². The monoisotopic (exact) mass is 216 g/mol. The third kappa shape index (κ3) is 2.08. The van der Waals surface area contributed by atoms with Crippen LogP contribution in [-0.4, -0.2) is 25.3 Å². The van der Waals surface area contributed by atoms with E-state index in [-0.39, 0.29) is 5.78 Å². The smallest absolute Gasteiger partial charge is 0.189 e. The Morgan fingerprint density at radius 1 is 1.38 bits per heavy atom. The van der Waals surface area contributed by atoms with Crippen LogP contribution in [0.15, 0.2) is 30.7 Å². The Morgan fingerprint density at radius 2 is 2.19 bits per heavy atom. The van der Waals surface area contributed by atoms with Crippen LogP contribution < -0.4 is 0 Å². The van der Waals surface area contributed by atoms with Gasteiger partial charge in [-0.05, 0) is 18.2 Å². The molecule has 0 N–H and O–H groups in total. The highest BCUT2D eigenvalue weighted by Gasteiger charge is 2.03. The SMILES string of the molecule is Cn1cc(C(=O)C=Cc2ccnn2C)cn1. The van der Waals surface area contributed by atoms with Crippen molar-refractivity contribution in [3.8, 4) is 0 Å². The van der Waals surface area contributed by atoms with Crippen LogP contribution in [-0.2, 0) is 14.1 Å². The molecule has 0 aliphatic heterocycles. The lowest BCUT2D eigenvalue weighted by Crippen LogP contribution is -1.95. The molecule has 0 bridgehead atoms. The summed E-state index contributed by atoms with van der Waals surface area (Å²) in [5.74, 6) is -0.0608. The third-order valence-corrected chi connectivity index (χ3v) is 2.25. The van der Waals surface area contributed by atoms with Crippen LogP contribution in [0.4, 0.5) is 0 Å². The third-order valence-electron chi connectivity index (χ3n) is 2.25. The number of carbonyl (C=O) groups is 1. The Bertz CT molecular complexity index is 536. The molecule has 0 aliphatic rings. The second-order valence-electron chi connectivity index (χ2n) is 3.48. The molecule has 5 nitrogen and oxygen atoms in total. The van der Waals surface area contributed by atoms with Crippen LogP contribution in [0.2, 0.25) is 0 Å². The summed E-state index contributed by atoms with van der Waals surface area (Å²) in [4.78, 5) is 11.7. The molecule has 0 fully saturated rings. The van der Waals surface area contributed by atoms with Crippen molar-refractivity contribution >= 4 is 11.9 Å². The first-order valence-corrected chi connectivity index (χ1v) is 4.86. The molecule has 2 aromatic rings. The Hall–Kier alpha value is -2.17. The number of hydrogen-bond acceptors (Lipinski definition) is 3. The number of carbonyl (C=O) groups excluding carboxylic acids is 1. The normalized spacial score (nSPS) is 11.1. The second-order valence-corrected chi connectivity index (χ2v) is 3.48. The van der Waals surface area contributed by atoms with Gasteiger partial charge in [0.1, 0.15) is 0 Å². The number of rotatable bonds is 3. The highest BCUT2D eigenvalue weighted by molar-refractivity contribution is 6.06. The van der Waals surface area contributed by atoms with Crippen molar-refractivity contribution in [2.45, 2.75) is 0 Å². The molecule has 0 radical (unpaired) electrons. The molecule has 0 saturated carbocycles. The summed E-state index contributed by atoms with van der Waals surface area (Å²) in [5.41, 5.74) is 1.47. The summed E-state index contributed by atoms with van der Waals surface area (Å²) in [6, 6.07) is 1.84. The molecule has 0 aliphatic carbocycles. The van der Waals surface area contributed by atoms with Gasteiger partial charge >= 0.3 is 0 Å². The number of aryl methyl sites for hydroxylation is 2. The van der Waals surface area contributed by atoms with Crippen molar-refractivity contribution in [1.29, 1.82) is 0 Å².